The maximum absolute atomic E-state index is 12.0. The van der Waals surface area contributed by atoms with Crippen molar-refractivity contribution in [2.75, 3.05) is 6.54 Å². The first-order valence-corrected chi connectivity index (χ1v) is 6.81. The highest BCUT2D eigenvalue weighted by Gasteiger charge is 2.44. The molecule has 0 aromatic rings. The Bertz CT molecular complexity index is 363. The summed E-state index contributed by atoms with van der Waals surface area (Å²) in [5, 5.41) is 9.30. The van der Waals surface area contributed by atoms with Crippen molar-refractivity contribution < 1.29 is 9.53 Å². The third kappa shape index (κ3) is 2.60. The zero-order valence-electron chi connectivity index (χ0n) is 11.5. The highest BCUT2D eigenvalue weighted by Crippen LogP contribution is 2.40. The summed E-state index contributed by atoms with van der Waals surface area (Å²) < 4.78 is 5.38. The van der Waals surface area contributed by atoms with Crippen molar-refractivity contribution in [3.63, 3.8) is 0 Å². The second-order valence-electron chi connectivity index (χ2n) is 6.38. The van der Waals surface area contributed by atoms with E-state index in [0.29, 0.717) is 5.92 Å². The van der Waals surface area contributed by atoms with E-state index < -0.39 is 5.60 Å². The predicted octanol–water partition coefficient (Wildman–Crippen LogP) is 2.94. The predicted molar refractivity (Wildman–Crippen MR) is 67.8 cm³/mol. The van der Waals surface area contributed by atoms with Crippen molar-refractivity contribution in [2.45, 2.75) is 58.1 Å². The average Bonchev–Trinajstić information content (AvgIpc) is 2.08. The largest absolute Gasteiger partial charge is 0.444 e. The minimum atomic E-state index is -0.462. The number of amides is 1. The monoisotopic (exact) mass is 250 g/mol. The Morgan fingerprint density at radius 3 is 2.39 bits per heavy atom. The Labute approximate surface area is 109 Å². The standard InChI is InChI=1S/C14H22N2O2/c1-14(2,3)18-13(17)16-8-7-12(16)11(9-15)10-5-4-6-10/h10-12H,4-8H2,1-3H3. The lowest BCUT2D eigenvalue weighted by Gasteiger charge is -2.46. The molecule has 1 heterocycles. The topological polar surface area (TPSA) is 53.3 Å². The van der Waals surface area contributed by atoms with Crippen LogP contribution >= 0.6 is 0 Å². The van der Waals surface area contributed by atoms with Gasteiger partial charge in [0, 0.05) is 6.54 Å². The number of nitrogens with zero attached hydrogens (tertiary/aromatic N) is 2. The number of hydrogen-bond donors (Lipinski definition) is 0. The zero-order valence-corrected chi connectivity index (χ0v) is 11.5. The number of carbonyl (C=O) groups is 1. The molecular weight excluding hydrogens is 228 g/mol. The van der Waals surface area contributed by atoms with Crippen LogP contribution in [0.25, 0.3) is 0 Å². The van der Waals surface area contributed by atoms with Crippen LogP contribution in [0, 0.1) is 23.2 Å². The molecule has 0 radical (unpaired) electrons. The van der Waals surface area contributed by atoms with Crippen LogP contribution in [0.2, 0.25) is 0 Å². The molecule has 1 aliphatic carbocycles. The van der Waals surface area contributed by atoms with Crippen LogP contribution in [0.5, 0.6) is 0 Å². The molecule has 0 spiro atoms. The first kappa shape index (κ1) is 13.2. The molecule has 2 fully saturated rings. The fourth-order valence-corrected chi connectivity index (χ4v) is 2.63. The first-order valence-electron chi connectivity index (χ1n) is 6.81. The van der Waals surface area contributed by atoms with Gasteiger partial charge < -0.3 is 9.64 Å². The van der Waals surface area contributed by atoms with Crippen molar-refractivity contribution in [2.24, 2.45) is 11.8 Å². The first-order chi connectivity index (χ1) is 8.42. The molecule has 0 aromatic carbocycles. The summed E-state index contributed by atoms with van der Waals surface area (Å²) in [5.41, 5.74) is -0.462. The SMILES string of the molecule is CC(C)(C)OC(=O)N1CCC1C(C#N)C1CCC1. The maximum atomic E-state index is 12.0. The van der Waals surface area contributed by atoms with Crippen molar-refractivity contribution in [3.8, 4) is 6.07 Å². The van der Waals surface area contributed by atoms with E-state index in [1.807, 2.05) is 20.8 Å². The van der Waals surface area contributed by atoms with Crippen molar-refractivity contribution in [1.82, 2.24) is 4.90 Å². The van der Waals surface area contributed by atoms with Gasteiger partial charge in [-0.3, -0.25) is 0 Å². The second-order valence-corrected chi connectivity index (χ2v) is 6.38. The van der Waals surface area contributed by atoms with Crippen LogP contribution in [-0.2, 0) is 4.74 Å². The number of hydrogen-bond acceptors (Lipinski definition) is 3. The number of ether oxygens (including phenoxy) is 1. The lowest BCUT2D eigenvalue weighted by molar-refractivity contribution is -0.0223. The molecule has 4 heteroatoms. The Morgan fingerprint density at radius 2 is 2.06 bits per heavy atom. The van der Waals surface area contributed by atoms with Gasteiger partial charge in [0.25, 0.3) is 0 Å². The van der Waals surface area contributed by atoms with Crippen molar-refractivity contribution in [1.29, 1.82) is 5.26 Å². The van der Waals surface area contributed by atoms with Crippen LogP contribution in [-0.4, -0.2) is 29.2 Å². The highest BCUT2D eigenvalue weighted by molar-refractivity contribution is 5.69. The lowest BCUT2D eigenvalue weighted by atomic mass is 9.71. The highest BCUT2D eigenvalue weighted by atomic mass is 16.6. The normalized spacial score (nSPS) is 25.7. The van der Waals surface area contributed by atoms with Gasteiger partial charge in [-0.25, -0.2) is 4.79 Å². The van der Waals surface area contributed by atoms with Gasteiger partial charge in [0.2, 0.25) is 0 Å². The molecule has 1 aliphatic heterocycles. The number of nitriles is 1. The molecule has 1 saturated heterocycles. The van der Waals surface area contributed by atoms with Gasteiger partial charge in [0.1, 0.15) is 5.60 Å². The summed E-state index contributed by atoms with van der Waals surface area (Å²) in [6.45, 7) is 6.33. The molecule has 2 aliphatic rings. The summed E-state index contributed by atoms with van der Waals surface area (Å²) in [6, 6.07) is 2.48. The molecule has 2 atom stereocenters. The van der Waals surface area contributed by atoms with Crippen molar-refractivity contribution in [3.05, 3.63) is 0 Å². The van der Waals surface area contributed by atoms with Gasteiger partial charge in [-0.15, -0.1) is 0 Å². The van der Waals surface area contributed by atoms with E-state index in [2.05, 4.69) is 6.07 Å². The van der Waals surface area contributed by atoms with E-state index in [1.165, 1.54) is 6.42 Å². The molecular formula is C14H22N2O2. The van der Waals surface area contributed by atoms with Crippen LogP contribution < -0.4 is 0 Å². The summed E-state index contributed by atoms with van der Waals surface area (Å²) in [5.74, 6) is 0.491. The van der Waals surface area contributed by atoms with E-state index in [9.17, 15) is 10.1 Å². The van der Waals surface area contributed by atoms with Gasteiger partial charge in [-0.2, -0.15) is 5.26 Å². The minimum Gasteiger partial charge on any atom is -0.444 e. The lowest BCUT2D eigenvalue weighted by Crippen LogP contribution is -2.57. The molecule has 18 heavy (non-hydrogen) atoms. The van der Waals surface area contributed by atoms with Crippen molar-refractivity contribution >= 4 is 6.09 Å². The molecule has 1 amide bonds. The molecule has 100 valence electrons. The molecule has 0 aromatic heterocycles. The quantitative estimate of drug-likeness (QED) is 0.757. The number of likely N-dealkylation sites (tertiary alicyclic amines) is 1. The Morgan fingerprint density at radius 1 is 1.39 bits per heavy atom. The smallest absolute Gasteiger partial charge is 0.410 e. The zero-order chi connectivity index (χ0) is 13.3. The van der Waals surface area contributed by atoms with E-state index in [-0.39, 0.29) is 18.1 Å². The molecule has 4 nitrogen and oxygen atoms in total. The summed E-state index contributed by atoms with van der Waals surface area (Å²) in [6.07, 6.45) is 4.17. The van der Waals surface area contributed by atoms with E-state index in [4.69, 9.17) is 4.74 Å². The summed E-state index contributed by atoms with van der Waals surface area (Å²) in [7, 11) is 0. The molecule has 1 saturated carbocycles. The van der Waals surface area contributed by atoms with Gasteiger partial charge >= 0.3 is 6.09 Å². The van der Waals surface area contributed by atoms with E-state index in [0.717, 1.165) is 25.8 Å². The van der Waals surface area contributed by atoms with Gasteiger partial charge in [-0.1, -0.05) is 6.42 Å². The van der Waals surface area contributed by atoms with Gasteiger partial charge in [0.15, 0.2) is 0 Å². The maximum Gasteiger partial charge on any atom is 0.410 e. The van der Waals surface area contributed by atoms with E-state index in [1.54, 1.807) is 4.90 Å². The second kappa shape index (κ2) is 4.79. The third-order valence-electron chi connectivity index (χ3n) is 3.92. The number of carbonyl (C=O) groups excluding carboxylic acids is 1. The fourth-order valence-electron chi connectivity index (χ4n) is 2.63. The van der Waals surface area contributed by atoms with Gasteiger partial charge in [-0.05, 0) is 46.0 Å². The van der Waals surface area contributed by atoms with Crippen LogP contribution in [0.3, 0.4) is 0 Å². The summed E-state index contributed by atoms with van der Waals surface area (Å²) in [4.78, 5) is 13.7. The fraction of sp³-hybridized carbons (Fsp3) is 0.857. The Kier molecular flexibility index (Phi) is 3.52. The molecule has 0 N–H and O–H groups in total. The molecule has 0 bridgehead atoms. The van der Waals surface area contributed by atoms with Crippen LogP contribution in [0.15, 0.2) is 0 Å². The Balaban J connectivity index is 1.94. The number of rotatable bonds is 2. The average molecular weight is 250 g/mol. The van der Waals surface area contributed by atoms with E-state index >= 15 is 0 Å². The molecule has 2 rings (SSSR count). The summed E-state index contributed by atoms with van der Waals surface area (Å²) >= 11 is 0. The Hall–Kier alpha value is -1.24. The third-order valence-corrected chi connectivity index (χ3v) is 3.92. The molecule has 2 unspecified atom stereocenters. The van der Waals surface area contributed by atoms with Crippen LogP contribution in [0.1, 0.15) is 46.5 Å². The minimum absolute atomic E-state index is 0.0000170. The van der Waals surface area contributed by atoms with Gasteiger partial charge in [0.05, 0.1) is 18.0 Å². The van der Waals surface area contributed by atoms with Crippen LogP contribution in [0.4, 0.5) is 4.79 Å².